The van der Waals surface area contributed by atoms with Crippen molar-refractivity contribution in [2.45, 2.75) is 32.2 Å². The third-order valence-electron chi connectivity index (χ3n) is 3.32. The van der Waals surface area contributed by atoms with E-state index in [1.165, 1.54) is 6.92 Å². The molecule has 2 atom stereocenters. The van der Waals surface area contributed by atoms with Crippen LogP contribution in [0.3, 0.4) is 0 Å². The number of piperidine rings is 1. The van der Waals surface area contributed by atoms with Gasteiger partial charge in [0, 0.05) is 13.1 Å². The van der Waals surface area contributed by atoms with Crippen molar-refractivity contribution in [2.24, 2.45) is 5.92 Å². The fraction of sp³-hybridized carbons (Fsp3) is 0.727. The molecule has 2 fully saturated rings. The molecule has 88 valence electrons. The molecule has 0 saturated carbocycles. The average molecular weight is 224 g/mol. The lowest BCUT2D eigenvalue weighted by molar-refractivity contribution is -0.139. The van der Waals surface area contributed by atoms with Gasteiger partial charge < -0.3 is 10.2 Å². The van der Waals surface area contributed by atoms with Crippen molar-refractivity contribution in [3.63, 3.8) is 0 Å². The number of hydrogen-bond acceptors (Lipinski definition) is 3. The van der Waals surface area contributed by atoms with Crippen molar-refractivity contribution >= 4 is 17.6 Å². The van der Waals surface area contributed by atoms with Crippen LogP contribution in [0.25, 0.3) is 0 Å². The van der Waals surface area contributed by atoms with Crippen molar-refractivity contribution in [3.8, 4) is 0 Å². The van der Waals surface area contributed by atoms with Crippen LogP contribution >= 0.6 is 0 Å². The number of nitrogens with one attached hydrogen (secondary N) is 1. The number of ketones is 1. The molecule has 2 saturated heterocycles. The number of carbonyl (C=O) groups excluding carboxylic acids is 3. The molecule has 1 N–H and O–H groups in total. The minimum Gasteiger partial charge on any atom is -0.354 e. The zero-order valence-corrected chi connectivity index (χ0v) is 9.36. The molecule has 0 aromatic rings. The Morgan fingerprint density at radius 3 is 2.94 bits per heavy atom. The van der Waals surface area contributed by atoms with Crippen LogP contribution in [0.4, 0.5) is 0 Å². The molecule has 16 heavy (non-hydrogen) atoms. The van der Waals surface area contributed by atoms with Crippen LogP contribution in [0.2, 0.25) is 0 Å². The fourth-order valence-electron chi connectivity index (χ4n) is 2.58. The Hall–Kier alpha value is -1.39. The summed E-state index contributed by atoms with van der Waals surface area (Å²) in [6.07, 6.45) is 1.65. The monoisotopic (exact) mass is 224 g/mol. The number of amides is 2. The maximum Gasteiger partial charge on any atom is 0.230 e. The van der Waals surface area contributed by atoms with Gasteiger partial charge in [-0.25, -0.2) is 0 Å². The Balaban J connectivity index is 2.07. The van der Waals surface area contributed by atoms with Gasteiger partial charge in [-0.15, -0.1) is 0 Å². The SMILES string of the molecule is CC(=O)CC(=O)N1CCCC2C(=O)NCC21. The molecule has 2 aliphatic rings. The second-order valence-electron chi connectivity index (χ2n) is 4.53. The molecule has 2 aliphatic heterocycles. The number of fused-ring (bicyclic) bond motifs is 1. The van der Waals surface area contributed by atoms with E-state index in [-0.39, 0.29) is 36.0 Å². The van der Waals surface area contributed by atoms with Gasteiger partial charge >= 0.3 is 0 Å². The summed E-state index contributed by atoms with van der Waals surface area (Å²) in [7, 11) is 0. The Kier molecular flexibility index (Phi) is 2.94. The number of carbonyl (C=O) groups is 3. The van der Waals surface area contributed by atoms with Gasteiger partial charge in [-0.05, 0) is 19.8 Å². The first-order valence-corrected chi connectivity index (χ1v) is 5.66. The van der Waals surface area contributed by atoms with E-state index in [9.17, 15) is 14.4 Å². The molecule has 5 heteroatoms. The zero-order valence-electron chi connectivity index (χ0n) is 9.36. The normalized spacial score (nSPS) is 28.6. The van der Waals surface area contributed by atoms with Crippen LogP contribution < -0.4 is 5.32 Å². The van der Waals surface area contributed by atoms with Gasteiger partial charge in [0.05, 0.1) is 18.4 Å². The third kappa shape index (κ3) is 1.94. The van der Waals surface area contributed by atoms with Crippen molar-refractivity contribution in [1.29, 1.82) is 0 Å². The molecule has 2 unspecified atom stereocenters. The predicted molar refractivity (Wildman–Crippen MR) is 56.5 cm³/mol. The number of rotatable bonds is 2. The maximum absolute atomic E-state index is 11.8. The topological polar surface area (TPSA) is 66.5 Å². The van der Waals surface area contributed by atoms with E-state index in [0.29, 0.717) is 13.1 Å². The quantitative estimate of drug-likeness (QED) is 0.655. The predicted octanol–water partition coefficient (Wildman–Crippen LogP) is -0.297. The van der Waals surface area contributed by atoms with E-state index in [4.69, 9.17) is 0 Å². The van der Waals surface area contributed by atoms with Gasteiger partial charge in [-0.3, -0.25) is 14.4 Å². The van der Waals surface area contributed by atoms with Gasteiger partial charge in [0.2, 0.25) is 11.8 Å². The van der Waals surface area contributed by atoms with Crippen molar-refractivity contribution in [3.05, 3.63) is 0 Å². The lowest BCUT2D eigenvalue weighted by atomic mass is 9.91. The fourth-order valence-corrected chi connectivity index (χ4v) is 2.58. The Morgan fingerprint density at radius 2 is 2.25 bits per heavy atom. The van der Waals surface area contributed by atoms with E-state index in [1.54, 1.807) is 4.90 Å². The smallest absolute Gasteiger partial charge is 0.230 e. The van der Waals surface area contributed by atoms with Crippen LogP contribution in [0.5, 0.6) is 0 Å². The maximum atomic E-state index is 11.8. The summed E-state index contributed by atoms with van der Waals surface area (Å²) < 4.78 is 0. The summed E-state index contributed by atoms with van der Waals surface area (Å²) in [5.74, 6) is -0.280. The lowest BCUT2D eigenvalue weighted by Gasteiger charge is -2.35. The standard InChI is InChI=1S/C11H16N2O3/c1-7(14)5-10(15)13-4-2-3-8-9(13)6-12-11(8)16/h8-9H,2-6H2,1H3,(H,12,16). The second-order valence-corrected chi connectivity index (χ2v) is 4.53. The van der Waals surface area contributed by atoms with Crippen molar-refractivity contribution in [1.82, 2.24) is 10.2 Å². The Bertz CT molecular complexity index is 340. The largest absolute Gasteiger partial charge is 0.354 e. The molecule has 0 aromatic heterocycles. The van der Waals surface area contributed by atoms with E-state index >= 15 is 0 Å². The highest BCUT2D eigenvalue weighted by Gasteiger charge is 2.42. The second kappa shape index (κ2) is 4.23. The Labute approximate surface area is 94.2 Å². The third-order valence-corrected chi connectivity index (χ3v) is 3.32. The summed E-state index contributed by atoms with van der Waals surface area (Å²) in [6, 6.07) is -0.0342. The van der Waals surface area contributed by atoms with Gasteiger partial charge in [0.15, 0.2) is 0 Å². The van der Waals surface area contributed by atoms with Crippen LogP contribution in [-0.4, -0.2) is 41.6 Å². The molecule has 0 aliphatic carbocycles. The van der Waals surface area contributed by atoms with Crippen LogP contribution in [0.1, 0.15) is 26.2 Å². The summed E-state index contributed by atoms with van der Waals surface area (Å²) in [4.78, 5) is 35.9. The number of likely N-dealkylation sites (tertiary alicyclic amines) is 1. The molecule has 0 bridgehead atoms. The zero-order chi connectivity index (χ0) is 11.7. The molecule has 2 amide bonds. The highest BCUT2D eigenvalue weighted by molar-refractivity contribution is 5.97. The molecular formula is C11H16N2O3. The summed E-state index contributed by atoms with van der Waals surface area (Å²) in [5, 5.41) is 2.78. The van der Waals surface area contributed by atoms with Gasteiger partial charge in [0.1, 0.15) is 5.78 Å². The average Bonchev–Trinajstić information content (AvgIpc) is 2.59. The van der Waals surface area contributed by atoms with E-state index in [2.05, 4.69) is 5.32 Å². The van der Waals surface area contributed by atoms with Crippen LogP contribution in [0.15, 0.2) is 0 Å². The number of Topliss-reactive ketones (excluding diaryl/α,β-unsaturated/α-hetero) is 1. The van der Waals surface area contributed by atoms with E-state index in [1.807, 2.05) is 0 Å². The van der Waals surface area contributed by atoms with E-state index in [0.717, 1.165) is 12.8 Å². The number of nitrogens with zero attached hydrogens (tertiary/aromatic N) is 1. The van der Waals surface area contributed by atoms with Crippen molar-refractivity contribution < 1.29 is 14.4 Å². The highest BCUT2D eigenvalue weighted by atomic mass is 16.2. The first kappa shape index (κ1) is 11.1. The van der Waals surface area contributed by atoms with Gasteiger partial charge in [-0.1, -0.05) is 0 Å². The molecule has 0 radical (unpaired) electrons. The minimum absolute atomic E-state index is 0.0342. The van der Waals surface area contributed by atoms with E-state index < -0.39 is 0 Å². The first-order chi connectivity index (χ1) is 7.59. The lowest BCUT2D eigenvalue weighted by Crippen LogP contribution is -2.49. The molecule has 2 heterocycles. The highest BCUT2D eigenvalue weighted by Crippen LogP contribution is 2.27. The van der Waals surface area contributed by atoms with Crippen LogP contribution in [0, 0.1) is 5.92 Å². The summed E-state index contributed by atoms with van der Waals surface area (Å²) >= 11 is 0. The molecule has 0 aromatic carbocycles. The van der Waals surface area contributed by atoms with Crippen LogP contribution in [-0.2, 0) is 14.4 Å². The van der Waals surface area contributed by atoms with Crippen molar-refractivity contribution in [2.75, 3.05) is 13.1 Å². The first-order valence-electron chi connectivity index (χ1n) is 5.66. The Morgan fingerprint density at radius 1 is 1.50 bits per heavy atom. The van der Waals surface area contributed by atoms with Gasteiger partial charge in [0.25, 0.3) is 0 Å². The number of hydrogen-bond donors (Lipinski definition) is 1. The molecular weight excluding hydrogens is 208 g/mol. The summed E-state index contributed by atoms with van der Waals surface area (Å²) in [5.41, 5.74) is 0. The molecule has 0 spiro atoms. The molecule has 5 nitrogen and oxygen atoms in total. The minimum atomic E-state index is -0.140. The summed E-state index contributed by atoms with van der Waals surface area (Å²) in [6.45, 7) is 2.62. The molecule has 2 rings (SSSR count). The van der Waals surface area contributed by atoms with Gasteiger partial charge in [-0.2, -0.15) is 0 Å².